The van der Waals surface area contributed by atoms with Crippen LogP contribution in [0, 0.1) is 0 Å². The van der Waals surface area contributed by atoms with Gasteiger partial charge in [-0.15, -0.1) is 0 Å². The molecule has 18 heavy (non-hydrogen) atoms. The first-order chi connectivity index (χ1) is 8.54. The number of likely N-dealkylation sites (tertiary alicyclic amines) is 1. The molecule has 0 saturated carbocycles. The largest absolute Gasteiger partial charge is 0.313 e. The molecule has 1 rings (SSSR count). The third-order valence-corrected chi connectivity index (χ3v) is 4.06. The summed E-state index contributed by atoms with van der Waals surface area (Å²) in [4.78, 5) is 5.11. The van der Waals surface area contributed by atoms with Crippen LogP contribution in [0.25, 0.3) is 0 Å². The highest BCUT2D eigenvalue weighted by atomic mass is 15.2. The molecule has 1 N–H and O–H groups in total. The molecule has 0 radical (unpaired) electrons. The summed E-state index contributed by atoms with van der Waals surface area (Å²) in [6.45, 7) is 10.5. The Bertz CT molecular complexity index is 214. The fourth-order valence-corrected chi connectivity index (χ4v) is 2.86. The number of nitrogens with one attached hydrogen (secondary N) is 1. The number of rotatable bonds is 7. The Morgan fingerprint density at radius 2 is 2.06 bits per heavy atom. The Morgan fingerprint density at radius 1 is 1.33 bits per heavy atom. The van der Waals surface area contributed by atoms with Gasteiger partial charge in [-0.2, -0.15) is 0 Å². The molecule has 108 valence electrons. The first-order valence-corrected chi connectivity index (χ1v) is 7.68. The van der Waals surface area contributed by atoms with E-state index in [9.17, 15) is 0 Å². The van der Waals surface area contributed by atoms with Crippen LogP contribution in [0.4, 0.5) is 0 Å². The van der Waals surface area contributed by atoms with E-state index in [0.717, 1.165) is 18.6 Å². The number of piperidine rings is 1. The SMILES string of the molecule is CCCC(CNC(C)C)N1CCCC(N(C)C)C1. The average molecular weight is 255 g/mol. The quantitative estimate of drug-likeness (QED) is 0.752. The summed E-state index contributed by atoms with van der Waals surface area (Å²) in [7, 11) is 4.44. The van der Waals surface area contributed by atoms with Crippen LogP contribution in [-0.4, -0.2) is 61.7 Å². The molecule has 1 saturated heterocycles. The lowest BCUT2D eigenvalue weighted by atomic mass is 10.0. The van der Waals surface area contributed by atoms with E-state index in [4.69, 9.17) is 0 Å². The molecule has 3 nitrogen and oxygen atoms in total. The van der Waals surface area contributed by atoms with Crippen LogP contribution in [0.3, 0.4) is 0 Å². The van der Waals surface area contributed by atoms with E-state index in [1.807, 2.05) is 0 Å². The molecule has 2 unspecified atom stereocenters. The summed E-state index contributed by atoms with van der Waals surface area (Å²) < 4.78 is 0. The molecule has 0 spiro atoms. The van der Waals surface area contributed by atoms with Crippen molar-refractivity contribution in [2.75, 3.05) is 33.7 Å². The maximum atomic E-state index is 3.62. The molecule has 0 aromatic heterocycles. The summed E-state index contributed by atoms with van der Waals surface area (Å²) in [5.74, 6) is 0. The van der Waals surface area contributed by atoms with Gasteiger partial charge in [-0.1, -0.05) is 27.2 Å². The number of nitrogens with zero attached hydrogens (tertiary/aromatic N) is 2. The predicted molar refractivity (Wildman–Crippen MR) is 80.1 cm³/mol. The van der Waals surface area contributed by atoms with Crippen LogP contribution < -0.4 is 5.32 Å². The van der Waals surface area contributed by atoms with Gasteiger partial charge in [-0.25, -0.2) is 0 Å². The van der Waals surface area contributed by atoms with Crippen molar-refractivity contribution in [1.29, 1.82) is 0 Å². The van der Waals surface area contributed by atoms with E-state index in [1.165, 1.54) is 38.8 Å². The smallest absolute Gasteiger partial charge is 0.0221 e. The topological polar surface area (TPSA) is 18.5 Å². The molecule has 0 aliphatic carbocycles. The van der Waals surface area contributed by atoms with Gasteiger partial charge in [0, 0.05) is 31.2 Å². The van der Waals surface area contributed by atoms with Crippen LogP contribution in [0.2, 0.25) is 0 Å². The number of hydrogen-bond acceptors (Lipinski definition) is 3. The minimum Gasteiger partial charge on any atom is -0.313 e. The van der Waals surface area contributed by atoms with Gasteiger partial charge in [0.1, 0.15) is 0 Å². The highest BCUT2D eigenvalue weighted by Gasteiger charge is 2.26. The fraction of sp³-hybridized carbons (Fsp3) is 1.00. The van der Waals surface area contributed by atoms with Crippen LogP contribution in [0.1, 0.15) is 46.5 Å². The van der Waals surface area contributed by atoms with Gasteiger partial charge < -0.3 is 10.2 Å². The van der Waals surface area contributed by atoms with Crippen LogP contribution >= 0.6 is 0 Å². The van der Waals surface area contributed by atoms with E-state index in [0.29, 0.717) is 6.04 Å². The number of likely N-dealkylation sites (N-methyl/N-ethyl adjacent to an activating group) is 1. The van der Waals surface area contributed by atoms with E-state index in [1.54, 1.807) is 0 Å². The fourth-order valence-electron chi connectivity index (χ4n) is 2.86. The van der Waals surface area contributed by atoms with Gasteiger partial charge in [0.25, 0.3) is 0 Å². The van der Waals surface area contributed by atoms with Gasteiger partial charge in [-0.05, 0) is 39.9 Å². The second kappa shape index (κ2) is 8.13. The molecule has 1 aliphatic heterocycles. The minimum absolute atomic E-state index is 0.596. The van der Waals surface area contributed by atoms with Crippen molar-refractivity contribution >= 4 is 0 Å². The molecule has 0 bridgehead atoms. The van der Waals surface area contributed by atoms with Crippen molar-refractivity contribution in [3.05, 3.63) is 0 Å². The molecule has 0 aromatic rings. The van der Waals surface area contributed by atoms with Gasteiger partial charge in [-0.3, -0.25) is 4.90 Å². The van der Waals surface area contributed by atoms with Crippen molar-refractivity contribution < 1.29 is 0 Å². The Labute approximate surface area is 114 Å². The zero-order chi connectivity index (χ0) is 13.5. The zero-order valence-corrected chi connectivity index (χ0v) is 13.1. The third-order valence-electron chi connectivity index (χ3n) is 4.06. The summed E-state index contributed by atoms with van der Waals surface area (Å²) in [5, 5.41) is 3.62. The predicted octanol–water partition coefficient (Wildman–Crippen LogP) is 2.18. The first kappa shape index (κ1) is 15.9. The van der Waals surface area contributed by atoms with Crippen molar-refractivity contribution in [1.82, 2.24) is 15.1 Å². The molecule has 0 aromatic carbocycles. The van der Waals surface area contributed by atoms with E-state index in [-0.39, 0.29) is 0 Å². The lowest BCUT2D eigenvalue weighted by Crippen LogP contribution is -2.52. The monoisotopic (exact) mass is 255 g/mol. The van der Waals surface area contributed by atoms with Crippen LogP contribution in [0.5, 0.6) is 0 Å². The third kappa shape index (κ3) is 5.25. The molecular weight excluding hydrogens is 222 g/mol. The van der Waals surface area contributed by atoms with Crippen molar-refractivity contribution in [3.8, 4) is 0 Å². The van der Waals surface area contributed by atoms with Crippen molar-refractivity contribution in [2.24, 2.45) is 0 Å². The second-order valence-corrected chi connectivity index (χ2v) is 6.26. The van der Waals surface area contributed by atoms with Crippen molar-refractivity contribution in [3.63, 3.8) is 0 Å². The molecule has 1 heterocycles. The summed E-state index contributed by atoms with van der Waals surface area (Å²) in [5.41, 5.74) is 0. The maximum absolute atomic E-state index is 3.62. The summed E-state index contributed by atoms with van der Waals surface area (Å²) in [6, 6.07) is 2.07. The Hall–Kier alpha value is -0.120. The molecular formula is C15H33N3. The van der Waals surface area contributed by atoms with Gasteiger partial charge in [0.2, 0.25) is 0 Å². The Balaban J connectivity index is 2.49. The average Bonchev–Trinajstić information content (AvgIpc) is 2.34. The molecule has 3 heteroatoms. The highest BCUT2D eigenvalue weighted by molar-refractivity contribution is 4.83. The lowest BCUT2D eigenvalue weighted by molar-refractivity contribution is 0.0899. The van der Waals surface area contributed by atoms with Crippen LogP contribution in [-0.2, 0) is 0 Å². The molecule has 1 fully saturated rings. The molecule has 2 atom stereocenters. The molecule has 1 aliphatic rings. The zero-order valence-electron chi connectivity index (χ0n) is 13.1. The summed E-state index contributed by atoms with van der Waals surface area (Å²) >= 11 is 0. The standard InChI is InChI=1S/C15H33N3/c1-6-8-14(11-16-13(2)3)18-10-7-9-15(12-18)17(4)5/h13-16H,6-12H2,1-5H3. The van der Waals surface area contributed by atoms with Gasteiger partial charge in [0.05, 0.1) is 0 Å². The van der Waals surface area contributed by atoms with Crippen molar-refractivity contribution in [2.45, 2.75) is 64.6 Å². The molecule has 0 amide bonds. The normalized spacial score (nSPS) is 23.8. The lowest BCUT2D eigenvalue weighted by Gasteiger charge is -2.41. The van der Waals surface area contributed by atoms with E-state index < -0.39 is 0 Å². The first-order valence-electron chi connectivity index (χ1n) is 7.68. The van der Waals surface area contributed by atoms with E-state index >= 15 is 0 Å². The van der Waals surface area contributed by atoms with Crippen LogP contribution in [0.15, 0.2) is 0 Å². The number of hydrogen-bond donors (Lipinski definition) is 1. The maximum Gasteiger partial charge on any atom is 0.0221 e. The Kier molecular flexibility index (Phi) is 7.20. The second-order valence-electron chi connectivity index (χ2n) is 6.26. The van der Waals surface area contributed by atoms with Gasteiger partial charge in [0.15, 0.2) is 0 Å². The summed E-state index contributed by atoms with van der Waals surface area (Å²) in [6.07, 6.45) is 5.32. The highest BCUT2D eigenvalue weighted by Crippen LogP contribution is 2.18. The van der Waals surface area contributed by atoms with Gasteiger partial charge >= 0.3 is 0 Å². The van der Waals surface area contributed by atoms with E-state index in [2.05, 4.69) is 50.0 Å². The Morgan fingerprint density at radius 3 is 2.61 bits per heavy atom. The minimum atomic E-state index is 0.596.